The van der Waals surface area contributed by atoms with Gasteiger partial charge in [0, 0.05) is 22.9 Å². The Morgan fingerprint density at radius 2 is 2.00 bits per heavy atom. The average Bonchev–Trinajstić information content (AvgIpc) is 3.30. The molecule has 2 N–H and O–H groups in total. The van der Waals surface area contributed by atoms with E-state index in [4.69, 9.17) is 5.53 Å². The lowest BCUT2D eigenvalue weighted by molar-refractivity contribution is 0.0150. The third-order valence-electron chi connectivity index (χ3n) is 3.44. The summed E-state index contributed by atoms with van der Waals surface area (Å²) >= 11 is 0. The number of aliphatic hydroxyl groups is 2. The Labute approximate surface area is 116 Å². The third-order valence-corrected chi connectivity index (χ3v) is 3.44. The number of ketones is 1. The summed E-state index contributed by atoms with van der Waals surface area (Å²) in [7, 11) is 0. The van der Waals surface area contributed by atoms with Gasteiger partial charge in [-0.1, -0.05) is 29.4 Å². The molecule has 0 heterocycles. The van der Waals surface area contributed by atoms with Crippen LogP contribution in [0.2, 0.25) is 0 Å². The standard InChI is InChI=1S/C14H17N3O3/c15-17-16-8-7-12(18)14(20)11-5-3-10(4-6-11)13(19)9-1-2-9/h3-6,9,12,14,18,20H,1-2,7-8H2. The molecule has 1 aliphatic rings. The molecule has 6 heteroatoms. The van der Waals surface area contributed by atoms with Gasteiger partial charge >= 0.3 is 0 Å². The van der Waals surface area contributed by atoms with E-state index in [1.165, 1.54) is 0 Å². The Hall–Kier alpha value is -1.88. The Morgan fingerprint density at radius 1 is 1.35 bits per heavy atom. The monoisotopic (exact) mass is 275 g/mol. The second-order valence-electron chi connectivity index (χ2n) is 5.02. The lowest BCUT2D eigenvalue weighted by Gasteiger charge is -2.17. The number of hydrogen-bond donors (Lipinski definition) is 2. The Balaban J connectivity index is 1.97. The van der Waals surface area contributed by atoms with Crippen molar-refractivity contribution in [2.75, 3.05) is 6.54 Å². The van der Waals surface area contributed by atoms with Crippen molar-refractivity contribution < 1.29 is 15.0 Å². The highest BCUT2D eigenvalue weighted by molar-refractivity contribution is 5.99. The predicted molar refractivity (Wildman–Crippen MR) is 73.1 cm³/mol. The van der Waals surface area contributed by atoms with Gasteiger partial charge in [0.15, 0.2) is 5.78 Å². The van der Waals surface area contributed by atoms with Gasteiger partial charge in [-0.05, 0) is 30.4 Å². The zero-order chi connectivity index (χ0) is 14.5. The summed E-state index contributed by atoms with van der Waals surface area (Å²) in [5.41, 5.74) is 9.34. The normalized spacial score (nSPS) is 17.1. The quantitative estimate of drug-likeness (QED) is 0.345. The van der Waals surface area contributed by atoms with Crippen molar-refractivity contribution in [3.05, 3.63) is 45.8 Å². The second kappa shape index (κ2) is 6.52. The first-order valence-electron chi connectivity index (χ1n) is 6.64. The van der Waals surface area contributed by atoms with Gasteiger partial charge in [-0.15, -0.1) is 0 Å². The smallest absolute Gasteiger partial charge is 0.165 e. The summed E-state index contributed by atoms with van der Waals surface area (Å²) in [4.78, 5) is 14.4. The molecule has 0 aromatic heterocycles. The molecule has 2 unspecified atom stereocenters. The van der Waals surface area contributed by atoms with Gasteiger partial charge in [0.1, 0.15) is 6.10 Å². The lowest BCUT2D eigenvalue weighted by atomic mass is 9.99. The maximum Gasteiger partial charge on any atom is 0.165 e. The zero-order valence-electron chi connectivity index (χ0n) is 11.0. The molecule has 20 heavy (non-hydrogen) atoms. The predicted octanol–water partition coefficient (Wildman–Crippen LogP) is 2.37. The SMILES string of the molecule is [N-]=[N+]=NCCC(O)C(O)c1ccc(C(=O)C2CC2)cc1. The fourth-order valence-corrected chi connectivity index (χ4v) is 2.04. The minimum absolute atomic E-state index is 0.132. The highest BCUT2D eigenvalue weighted by Gasteiger charge is 2.30. The summed E-state index contributed by atoms with van der Waals surface area (Å²) in [5.74, 6) is 0.315. The third kappa shape index (κ3) is 3.57. The number of aliphatic hydroxyl groups excluding tert-OH is 2. The molecule has 2 atom stereocenters. The second-order valence-corrected chi connectivity index (χ2v) is 5.02. The highest BCUT2D eigenvalue weighted by Crippen LogP contribution is 2.32. The number of azide groups is 1. The van der Waals surface area contributed by atoms with Crippen LogP contribution in [0.1, 0.15) is 41.3 Å². The maximum atomic E-state index is 11.8. The van der Waals surface area contributed by atoms with E-state index in [1.54, 1.807) is 24.3 Å². The van der Waals surface area contributed by atoms with E-state index in [9.17, 15) is 15.0 Å². The molecule has 0 bridgehead atoms. The molecule has 1 aromatic rings. The van der Waals surface area contributed by atoms with Gasteiger partial charge in [-0.25, -0.2) is 0 Å². The first kappa shape index (κ1) is 14.5. The molecule has 1 saturated carbocycles. The summed E-state index contributed by atoms with van der Waals surface area (Å²) in [6.45, 7) is 0.132. The fourth-order valence-electron chi connectivity index (χ4n) is 2.04. The summed E-state index contributed by atoms with van der Waals surface area (Å²) in [6.07, 6.45) is 0.0656. The van der Waals surface area contributed by atoms with Crippen LogP contribution in [0.5, 0.6) is 0 Å². The van der Waals surface area contributed by atoms with E-state index in [1.807, 2.05) is 0 Å². The van der Waals surface area contributed by atoms with Crippen LogP contribution in [0.3, 0.4) is 0 Å². The first-order valence-corrected chi connectivity index (χ1v) is 6.64. The number of hydrogen-bond acceptors (Lipinski definition) is 4. The van der Waals surface area contributed by atoms with Crippen LogP contribution in [0, 0.1) is 5.92 Å². The van der Waals surface area contributed by atoms with Crippen molar-refractivity contribution in [1.82, 2.24) is 0 Å². The molecule has 0 aliphatic heterocycles. The maximum absolute atomic E-state index is 11.8. The van der Waals surface area contributed by atoms with E-state index in [0.717, 1.165) is 12.8 Å². The van der Waals surface area contributed by atoms with Crippen LogP contribution in [-0.4, -0.2) is 28.6 Å². The molecular weight excluding hydrogens is 258 g/mol. The van der Waals surface area contributed by atoms with E-state index >= 15 is 0 Å². The van der Waals surface area contributed by atoms with Gasteiger partial charge in [-0.2, -0.15) is 0 Å². The van der Waals surface area contributed by atoms with E-state index in [-0.39, 0.29) is 24.7 Å². The lowest BCUT2D eigenvalue weighted by Crippen LogP contribution is -2.19. The van der Waals surface area contributed by atoms with E-state index in [2.05, 4.69) is 10.0 Å². The van der Waals surface area contributed by atoms with Gasteiger partial charge in [0.2, 0.25) is 0 Å². The Kier molecular flexibility index (Phi) is 4.74. The van der Waals surface area contributed by atoms with Crippen molar-refractivity contribution in [2.24, 2.45) is 11.0 Å². The van der Waals surface area contributed by atoms with Crippen LogP contribution >= 0.6 is 0 Å². The Bertz CT molecular complexity index is 519. The number of carbonyl (C=O) groups is 1. The summed E-state index contributed by atoms with van der Waals surface area (Å²) in [6, 6.07) is 6.66. The van der Waals surface area contributed by atoms with Crippen molar-refractivity contribution in [1.29, 1.82) is 0 Å². The van der Waals surface area contributed by atoms with Gasteiger partial charge < -0.3 is 10.2 Å². The highest BCUT2D eigenvalue weighted by atomic mass is 16.3. The van der Waals surface area contributed by atoms with Crippen LogP contribution in [0.15, 0.2) is 29.4 Å². The molecule has 0 saturated heterocycles. The van der Waals surface area contributed by atoms with Crippen molar-refractivity contribution in [3.63, 3.8) is 0 Å². The van der Waals surface area contributed by atoms with Crippen LogP contribution in [-0.2, 0) is 0 Å². The minimum atomic E-state index is -1.05. The number of nitrogens with zero attached hydrogens (tertiary/aromatic N) is 3. The topological polar surface area (TPSA) is 106 Å². The largest absolute Gasteiger partial charge is 0.390 e. The average molecular weight is 275 g/mol. The fraction of sp³-hybridized carbons (Fsp3) is 0.500. The number of Topliss-reactive ketones (excluding diaryl/α,β-unsaturated/α-hetero) is 1. The van der Waals surface area contributed by atoms with Crippen LogP contribution in [0.25, 0.3) is 10.4 Å². The first-order chi connectivity index (χ1) is 9.63. The molecule has 1 aromatic carbocycles. The molecule has 0 radical (unpaired) electrons. The molecule has 0 amide bonds. The van der Waals surface area contributed by atoms with Gasteiger partial charge in [0.05, 0.1) is 6.10 Å². The zero-order valence-corrected chi connectivity index (χ0v) is 11.0. The molecule has 0 spiro atoms. The van der Waals surface area contributed by atoms with Crippen molar-refractivity contribution in [3.8, 4) is 0 Å². The number of benzene rings is 1. The molecular formula is C14H17N3O3. The van der Waals surface area contributed by atoms with E-state index < -0.39 is 12.2 Å². The molecule has 106 valence electrons. The van der Waals surface area contributed by atoms with Gasteiger partial charge in [-0.3, -0.25) is 4.79 Å². The summed E-state index contributed by atoms with van der Waals surface area (Å²) < 4.78 is 0. The van der Waals surface area contributed by atoms with E-state index in [0.29, 0.717) is 11.1 Å². The molecule has 1 fully saturated rings. The molecule has 6 nitrogen and oxygen atoms in total. The van der Waals surface area contributed by atoms with Crippen LogP contribution in [0.4, 0.5) is 0 Å². The van der Waals surface area contributed by atoms with Gasteiger partial charge in [0.25, 0.3) is 0 Å². The number of rotatable bonds is 7. The number of carbonyl (C=O) groups excluding carboxylic acids is 1. The minimum Gasteiger partial charge on any atom is -0.390 e. The van der Waals surface area contributed by atoms with Crippen LogP contribution < -0.4 is 0 Å². The molecule has 1 aliphatic carbocycles. The Morgan fingerprint density at radius 3 is 2.55 bits per heavy atom. The van der Waals surface area contributed by atoms with Crippen molar-refractivity contribution >= 4 is 5.78 Å². The summed E-state index contributed by atoms with van der Waals surface area (Å²) in [5, 5.41) is 23.1. The van der Waals surface area contributed by atoms with Crippen molar-refractivity contribution in [2.45, 2.75) is 31.5 Å². The molecule has 2 rings (SSSR count).